The molecule has 7 heteroatoms. The summed E-state index contributed by atoms with van der Waals surface area (Å²) in [4.78, 5) is 35.2. The summed E-state index contributed by atoms with van der Waals surface area (Å²) in [6.45, 7) is 7.41. The first-order valence-electron chi connectivity index (χ1n) is 8.27. The number of esters is 1. The number of aromatic nitrogens is 1. The maximum Gasteiger partial charge on any atom is 0.338 e. The minimum atomic E-state index is -1.11. The van der Waals surface area contributed by atoms with E-state index < -0.39 is 24.0 Å². The maximum atomic E-state index is 12.4. The molecule has 1 aromatic heterocycles. The second-order valence-corrected chi connectivity index (χ2v) is 6.42. The van der Waals surface area contributed by atoms with Crippen molar-refractivity contribution in [3.8, 4) is 5.69 Å². The highest BCUT2D eigenvalue weighted by Crippen LogP contribution is 2.18. The topological polar surface area (TPSA) is 103 Å². The Bertz CT molecular complexity index is 802. The number of nitrogens with one attached hydrogen (secondary N) is 1. The number of rotatable bonds is 5. The molecular formula is C19H23N3O4. The summed E-state index contributed by atoms with van der Waals surface area (Å²) in [5.41, 5.74) is 8.35. The van der Waals surface area contributed by atoms with Crippen molar-refractivity contribution in [2.75, 3.05) is 0 Å². The standard InChI is InChI=1S/C19H23N3O4/c1-11(2)16(17(23)21-19(20)25)26-18(24)14-7-9-15(10-8-14)22-12(3)5-6-13(22)4/h5-11,16H,1-4H3,(H3,20,21,23,25)/t16-/m1/s1. The van der Waals surface area contributed by atoms with E-state index in [2.05, 4.69) is 4.57 Å². The fourth-order valence-corrected chi connectivity index (χ4v) is 2.69. The van der Waals surface area contributed by atoms with Crippen molar-refractivity contribution < 1.29 is 19.1 Å². The zero-order valence-electron chi connectivity index (χ0n) is 15.3. The predicted octanol–water partition coefficient (Wildman–Crippen LogP) is 2.47. The van der Waals surface area contributed by atoms with Crippen LogP contribution in [-0.4, -0.2) is 28.6 Å². The van der Waals surface area contributed by atoms with Crippen LogP contribution in [0.1, 0.15) is 35.6 Å². The molecule has 0 radical (unpaired) electrons. The fraction of sp³-hybridized carbons (Fsp3) is 0.316. The number of urea groups is 1. The molecule has 26 heavy (non-hydrogen) atoms. The normalized spacial score (nSPS) is 11.9. The van der Waals surface area contributed by atoms with Crippen molar-refractivity contribution in [1.29, 1.82) is 0 Å². The number of ether oxygens (including phenoxy) is 1. The van der Waals surface area contributed by atoms with Crippen LogP contribution in [0.5, 0.6) is 0 Å². The molecule has 0 saturated heterocycles. The summed E-state index contributed by atoms with van der Waals surface area (Å²) in [6, 6.07) is 9.94. The Morgan fingerprint density at radius 1 is 1.00 bits per heavy atom. The molecule has 0 unspecified atom stereocenters. The lowest BCUT2D eigenvalue weighted by molar-refractivity contribution is -0.130. The average Bonchev–Trinajstić information content (AvgIpc) is 2.90. The van der Waals surface area contributed by atoms with Gasteiger partial charge < -0.3 is 15.0 Å². The minimum Gasteiger partial charge on any atom is -0.448 e. The third-order valence-electron chi connectivity index (χ3n) is 3.98. The van der Waals surface area contributed by atoms with Gasteiger partial charge in [-0.3, -0.25) is 10.1 Å². The number of aryl methyl sites for hydroxylation is 2. The molecule has 0 aliphatic rings. The summed E-state index contributed by atoms with van der Waals surface area (Å²) < 4.78 is 7.33. The molecule has 1 heterocycles. The van der Waals surface area contributed by atoms with E-state index in [4.69, 9.17) is 10.5 Å². The predicted molar refractivity (Wildman–Crippen MR) is 97.0 cm³/mol. The lowest BCUT2D eigenvalue weighted by Gasteiger charge is -2.20. The van der Waals surface area contributed by atoms with E-state index in [0.717, 1.165) is 17.1 Å². The number of hydrogen-bond acceptors (Lipinski definition) is 4. The van der Waals surface area contributed by atoms with Crippen LogP contribution in [-0.2, 0) is 9.53 Å². The largest absolute Gasteiger partial charge is 0.448 e. The first kappa shape index (κ1) is 19.2. The van der Waals surface area contributed by atoms with Crippen molar-refractivity contribution in [3.05, 3.63) is 53.3 Å². The smallest absolute Gasteiger partial charge is 0.338 e. The van der Waals surface area contributed by atoms with Crippen molar-refractivity contribution in [2.24, 2.45) is 11.7 Å². The molecule has 1 aromatic carbocycles. The monoisotopic (exact) mass is 357 g/mol. The SMILES string of the molecule is Cc1ccc(C)n1-c1ccc(C(=O)O[C@@H](C(=O)NC(N)=O)C(C)C)cc1. The van der Waals surface area contributed by atoms with Crippen molar-refractivity contribution in [2.45, 2.75) is 33.8 Å². The van der Waals surface area contributed by atoms with Crippen molar-refractivity contribution >= 4 is 17.9 Å². The van der Waals surface area contributed by atoms with Crippen LogP contribution >= 0.6 is 0 Å². The Kier molecular flexibility index (Phi) is 5.82. The lowest BCUT2D eigenvalue weighted by atomic mass is 10.1. The van der Waals surface area contributed by atoms with Gasteiger partial charge >= 0.3 is 12.0 Å². The van der Waals surface area contributed by atoms with Gasteiger partial charge in [-0.05, 0) is 56.2 Å². The number of benzene rings is 1. The third kappa shape index (κ3) is 4.30. The zero-order valence-corrected chi connectivity index (χ0v) is 15.3. The van der Waals surface area contributed by atoms with Crippen LogP contribution in [0.15, 0.2) is 36.4 Å². The Morgan fingerprint density at radius 3 is 2.00 bits per heavy atom. The molecule has 2 aromatic rings. The molecule has 1 atom stereocenters. The van der Waals surface area contributed by atoms with Gasteiger partial charge in [-0.25, -0.2) is 9.59 Å². The summed E-state index contributed by atoms with van der Waals surface area (Å²) in [7, 11) is 0. The van der Waals surface area contributed by atoms with Crippen LogP contribution in [0, 0.1) is 19.8 Å². The summed E-state index contributed by atoms with van der Waals surface area (Å²) in [6.07, 6.45) is -1.11. The van der Waals surface area contributed by atoms with Crippen LogP contribution in [0.4, 0.5) is 4.79 Å². The van der Waals surface area contributed by atoms with E-state index in [1.165, 1.54) is 0 Å². The highest BCUT2D eigenvalue weighted by Gasteiger charge is 2.27. The Morgan fingerprint density at radius 2 is 1.54 bits per heavy atom. The first-order chi connectivity index (χ1) is 12.2. The Labute approximate surface area is 152 Å². The fourth-order valence-electron chi connectivity index (χ4n) is 2.69. The summed E-state index contributed by atoms with van der Waals surface area (Å²) in [5, 5.41) is 1.94. The molecule has 0 saturated carbocycles. The molecule has 7 nitrogen and oxygen atoms in total. The van der Waals surface area contributed by atoms with Crippen LogP contribution in [0.2, 0.25) is 0 Å². The number of primary amides is 1. The van der Waals surface area contributed by atoms with Gasteiger partial charge in [0.1, 0.15) is 0 Å². The Hall–Kier alpha value is -3.09. The summed E-state index contributed by atoms with van der Waals surface area (Å²) in [5.74, 6) is -1.70. The van der Waals surface area contributed by atoms with Gasteiger partial charge in [0.2, 0.25) is 0 Å². The number of hydrogen-bond donors (Lipinski definition) is 2. The van der Waals surface area contributed by atoms with Crippen LogP contribution < -0.4 is 11.1 Å². The molecular weight excluding hydrogens is 334 g/mol. The van der Waals surface area contributed by atoms with Gasteiger partial charge in [-0.1, -0.05) is 13.8 Å². The number of imide groups is 1. The second kappa shape index (κ2) is 7.86. The van der Waals surface area contributed by atoms with Gasteiger partial charge in [0.25, 0.3) is 5.91 Å². The zero-order chi connectivity index (χ0) is 19.4. The number of nitrogens with zero attached hydrogens (tertiary/aromatic N) is 1. The first-order valence-corrected chi connectivity index (χ1v) is 8.27. The molecule has 2 rings (SSSR count). The van der Waals surface area contributed by atoms with Gasteiger partial charge in [0.05, 0.1) is 5.56 Å². The van der Waals surface area contributed by atoms with Crippen molar-refractivity contribution in [3.63, 3.8) is 0 Å². The highest BCUT2D eigenvalue weighted by atomic mass is 16.5. The van der Waals surface area contributed by atoms with E-state index in [0.29, 0.717) is 5.56 Å². The molecule has 3 N–H and O–H groups in total. The van der Waals surface area contributed by atoms with Gasteiger partial charge in [0.15, 0.2) is 6.10 Å². The molecule has 0 aliphatic carbocycles. The van der Waals surface area contributed by atoms with Crippen molar-refractivity contribution in [1.82, 2.24) is 9.88 Å². The quantitative estimate of drug-likeness (QED) is 0.802. The van der Waals surface area contributed by atoms with Crippen LogP contribution in [0.3, 0.4) is 0 Å². The van der Waals surface area contributed by atoms with E-state index in [9.17, 15) is 14.4 Å². The Balaban J connectivity index is 2.16. The third-order valence-corrected chi connectivity index (χ3v) is 3.98. The molecule has 0 fully saturated rings. The molecule has 0 spiro atoms. The van der Waals surface area contributed by atoms with E-state index in [1.54, 1.807) is 26.0 Å². The molecule has 0 bridgehead atoms. The average molecular weight is 357 g/mol. The molecule has 0 aliphatic heterocycles. The maximum absolute atomic E-state index is 12.4. The van der Waals surface area contributed by atoms with Gasteiger partial charge in [0, 0.05) is 17.1 Å². The molecule has 3 amide bonds. The van der Waals surface area contributed by atoms with Gasteiger partial charge in [-0.2, -0.15) is 0 Å². The summed E-state index contributed by atoms with van der Waals surface area (Å²) >= 11 is 0. The number of amides is 3. The van der Waals surface area contributed by atoms with E-state index >= 15 is 0 Å². The van der Waals surface area contributed by atoms with E-state index in [1.807, 2.05) is 43.4 Å². The number of nitrogens with two attached hydrogens (primary N) is 1. The molecule has 138 valence electrons. The highest BCUT2D eigenvalue weighted by molar-refractivity contribution is 5.98. The van der Waals surface area contributed by atoms with Crippen LogP contribution in [0.25, 0.3) is 5.69 Å². The second-order valence-electron chi connectivity index (χ2n) is 6.42. The van der Waals surface area contributed by atoms with E-state index in [-0.39, 0.29) is 5.92 Å². The number of carbonyl (C=O) groups is 3. The lowest BCUT2D eigenvalue weighted by Crippen LogP contribution is -2.45. The number of carbonyl (C=O) groups excluding carboxylic acids is 3. The van der Waals surface area contributed by atoms with Gasteiger partial charge in [-0.15, -0.1) is 0 Å². The minimum absolute atomic E-state index is 0.314.